The summed E-state index contributed by atoms with van der Waals surface area (Å²) in [7, 11) is 0. The molecule has 1 saturated heterocycles. The minimum atomic E-state index is -0.0379. The predicted octanol–water partition coefficient (Wildman–Crippen LogP) is 1.76. The van der Waals surface area contributed by atoms with E-state index >= 15 is 0 Å². The van der Waals surface area contributed by atoms with Crippen molar-refractivity contribution in [1.29, 1.82) is 0 Å². The Morgan fingerprint density at radius 3 is 2.83 bits per heavy atom. The summed E-state index contributed by atoms with van der Waals surface area (Å²) in [4.78, 5) is 14.7. The number of nitrogens with zero attached hydrogens (tertiary/aromatic N) is 4. The Morgan fingerprint density at radius 2 is 2.04 bits per heavy atom. The fourth-order valence-corrected chi connectivity index (χ4v) is 3.93. The average molecular weight is 334 g/mol. The fourth-order valence-electron chi connectivity index (χ4n) is 3.93. The van der Waals surface area contributed by atoms with Crippen LogP contribution in [-0.2, 0) is 6.54 Å². The number of rotatable bonds is 6. The zero-order chi connectivity index (χ0) is 16.6. The van der Waals surface area contributed by atoms with Crippen molar-refractivity contribution < 1.29 is 4.79 Å². The van der Waals surface area contributed by atoms with Crippen LogP contribution in [0.3, 0.4) is 0 Å². The van der Waals surface area contributed by atoms with Gasteiger partial charge in [-0.15, -0.1) is 5.10 Å². The number of carbonyl (C=O) groups is 1. The molecule has 1 atom stereocenters. The van der Waals surface area contributed by atoms with E-state index in [1.165, 1.54) is 45.1 Å². The van der Waals surface area contributed by atoms with E-state index in [9.17, 15) is 4.79 Å². The SMILES string of the molecule is O=C(NCCCn1ccnn1)N[C@H]1CCCN(C2CCCCC2)C1. The summed E-state index contributed by atoms with van der Waals surface area (Å²) >= 11 is 0. The zero-order valence-corrected chi connectivity index (χ0v) is 14.5. The lowest BCUT2D eigenvalue weighted by atomic mass is 9.92. The summed E-state index contributed by atoms with van der Waals surface area (Å²) in [6.45, 7) is 3.64. The highest BCUT2D eigenvalue weighted by molar-refractivity contribution is 5.74. The number of urea groups is 1. The normalized spacial score (nSPS) is 23.1. The van der Waals surface area contributed by atoms with Gasteiger partial charge in [0, 0.05) is 37.9 Å². The molecule has 2 heterocycles. The van der Waals surface area contributed by atoms with Crippen molar-refractivity contribution in [2.45, 2.75) is 70.0 Å². The van der Waals surface area contributed by atoms with Gasteiger partial charge in [-0.1, -0.05) is 24.5 Å². The van der Waals surface area contributed by atoms with Crippen molar-refractivity contribution in [3.63, 3.8) is 0 Å². The highest BCUT2D eigenvalue weighted by atomic mass is 16.2. The van der Waals surface area contributed by atoms with Gasteiger partial charge in [0.2, 0.25) is 0 Å². The number of hydrogen-bond acceptors (Lipinski definition) is 4. The molecule has 1 aromatic heterocycles. The van der Waals surface area contributed by atoms with Gasteiger partial charge in [0.05, 0.1) is 6.20 Å². The summed E-state index contributed by atoms with van der Waals surface area (Å²) in [6.07, 6.45) is 13.4. The smallest absolute Gasteiger partial charge is 0.315 e. The predicted molar refractivity (Wildman–Crippen MR) is 92.6 cm³/mol. The molecule has 0 bridgehead atoms. The highest BCUT2D eigenvalue weighted by Crippen LogP contribution is 2.25. The topological polar surface area (TPSA) is 75.1 Å². The Hall–Kier alpha value is -1.63. The van der Waals surface area contributed by atoms with E-state index in [1.54, 1.807) is 10.9 Å². The lowest BCUT2D eigenvalue weighted by molar-refractivity contribution is 0.112. The second-order valence-electron chi connectivity index (χ2n) is 7.05. The van der Waals surface area contributed by atoms with Gasteiger partial charge in [0.15, 0.2) is 0 Å². The number of aromatic nitrogens is 3. The van der Waals surface area contributed by atoms with Crippen LogP contribution < -0.4 is 10.6 Å². The first-order chi connectivity index (χ1) is 11.8. The fraction of sp³-hybridized carbons (Fsp3) is 0.824. The molecule has 7 nitrogen and oxygen atoms in total. The molecule has 2 aliphatic rings. The minimum Gasteiger partial charge on any atom is -0.338 e. The van der Waals surface area contributed by atoms with Crippen LogP contribution in [-0.4, -0.2) is 57.6 Å². The third kappa shape index (κ3) is 5.19. The molecule has 0 aromatic carbocycles. The number of aryl methyl sites for hydroxylation is 1. The molecule has 1 aromatic rings. The monoisotopic (exact) mass is 334 g/mol. The Morgan fingerprint density at radius 1 is 1.17 bits per heavy atom. The van der Waals surface area contributed by atoms with Gasteiger partial charge in [-0.25, -0.2) is 4.79 Å². The quantitative estimate of drug-likeness (QED) is 0.778. The van der Waals surface area contributed by atoms with Crippen LogP contribution in [0.5, 0.6) is 0 Å². The number of carbonyl (C=O) groups excluding carboxylic acids is 1. The first-order valence-corrected chi connectivity index (χ1v) is 9.44. The molecule has 24 heavy (non-hydrogen) atoms. The van der Waals surface area contributed by atoms with Gasteiger partial charge in [-0.05, 0) is 38.6 Å². The van der Waals surface area contributed by atoms with E-state index in [-0.39, 0.29) is 12.1 Å². The third-order valence-electron chi connectivity index (χ3n) is 5.20. The van der Waals surface area contributed by atoms with Crippen molar-refractivity contribution in [3.8, 4) is 0 Å². The molecule has 3 rings (SSSR count). The molecule has 1 aliphatic carbocycles. The van der Waals surface area contributed by atoms with Gasteiger partial charge < -0.3 is 10.6 Å². The molecule has 134 valence electrons. The summed E-state index contributed by atoms with van der Waals surface area (Å²) in [6, 6.07) is 0.995. The van der Waals surface area contributed by atoms with E-state index < -0.39 is 0 Å². The first-order valence-electron chi connectivity index (χ1n) is 9.44. The van der Waals surface area contributed by atoms with Crippen LogP contribution >= 0.6 is 0 Å². The molecule has 0 radical (unpaired) electrons. The second kappa shape index (κ2) is 9.01. The van der Waals surface area contributed by atoms with E-state index in [4.69, 9.17) is 0 Å². The third-order valence-corrected chi connectivity index (χ3v) is 5.20. The van der Waals surface area contributed by atoms with Crippen molar-refractivity contribution in [1.82, 2.24) is 30.5 Å². The largest absolute Gasteiger partial charge is 0.338 e. The number of amides is 2. The van der Waals surface area contributed by atoms with Crippen molar-refractivity contribution in [2.75, 3.05) is 19.6 Å². The van der Waals surface area contributed by atoms with Crippen molar-refractivity contribution >= 4 is 6.03 Å². The van der Waals surface area contributed by atoms with Crippen LogP contribution in [0.4, 0.5) is 4.79 Å². The maximum absolute atomic E-state index is 12.1. The van der Waals surface area contributed by atoms with Crippen LogP contribution in [0.25, 0.3) is 0 Å². The minimum absolute atomic E-state index is 0.0379. The summed E-state index contributed by atoms with van der Waals surface area (Å²) in [5.41, 5.74) is 0. The molecule has 2 fully saturated rings. The standard InChI is InChI=1S/C17H30N6O/c24-17(18-9-5-12-23-13-10-19-21-23)20-15-6-4-11-22(14-15)16-7-2-1-3-8-16/h10,13,15-16H,1-9,11-12,14H2,(H2,18,20,24)/t15-/m0/s1. The van der Waals surface area contributed by atoms with Gasteiger partial charge >= 0.3 is 6.03 Å². The van der Waals surface area contributed by atoms with Crippen LogP contribution in [0.1, 0.15) is 51.4 Å². The van der Waals surface area contributed by atoms with E-state index in [0.717, 1.165) is 32.0 Å². The zero-order valence-electron chi connectivity index (χ0n) is 14.5. The molecule has 0 unspecified atom stereocenters. The molecular formula is C17H30N6O. The number of nitrogens with one attached hydrogen (secondary N) is 2. The molecule has 0 spiro atoms. The highest BCUT2D eigenvalue weighted by Gasteiger charge is 2.27. The Labute approximate surface area is 144 Å². The first kappa shape index (κ1) is 17.2. The van der Waals surface area contributed by atoms with E-state index in [1.807, 2.05) is 6.20 Å². The summed E-state index contributed by atoms with van der Waals surface area (Å²) < 4.78 is 1.78. The number of piperidine rings is 1. The molecule has 2 amide bonds. The van der Waals surface area contributed by atoms with Crippen LogP contribution in [0.15, 0.2) is 12.4 Å². The van der Waals surface area contributed by atoms with Gasteiger partial charge in [-0.2, -0.15) is 0 Å². The average Bonchev–Trinajstić information content (AvgIpc) is 3.13. The van der Waals surface area contributed by atoms with Crippen LogP contribution in [0.2, 0.25) is 0 Å². The van der Waals surface area contributed by atoms with E-state index in [2.05, 4.69) is 25.8 Å². The molecule has 7 heteroatoms. The van der Waals surface area contributed by atoms with Crippen molar-refractivity contribution in [3.05, 3.63) is 12.4 Å². The van der Waals surface area contributed by atoms with Gasteiger partial charge in [0.25, 0.3) is 0 Å². The molecule has 1 saturated carbocycles. The second-order valence-corrected chi connectivity index (χ2v) is 7.05. The lowest BCUT2D eigenvalue weighted by Gasteiger charge is -2.40. The molecular weight excluding hydrogens is 304 g/mol. The maximum atomic E-state index is 12.1. The molecule has 2 N–H and O–H groups in total. The van der Waals surface area contributed by atoms with Gasteiger partial charge in [-0.3, -0.25) is 9.58 Å². The van der Waals surface area contributed by atoms with E-state index in [0.29, 0.717) is 6.54 Å². The number of likely N-dealkylation sites (tertiary alicyclic amines) is 1. The van der Waals surface area contributed by atoms with Crippen LogP contribution in [0, 0.1) is 0 Å². The van der Waals surface area contributed by atoms with Crippen molar-refractivity contribution in [2.24, 2.45) is 0 Å². The Kier molecular flexibility index (Phi) is 6.46. The lowest BCUT2D eigenvalue weighted by Crippen LogP contribution is -2.53. The van der Waals surface area contributed by atoms with Gasteiger partial charge in [0.1, 0.15) is 0 Å². The summed E-state index contributed by atoms with van der Waals surface area (Å²) in [5, 5.41) is 13.8. The number of hydrogen-bond donors (Lipinski definition) is 2. The maximum Gasteiger partial charge on any atom is 0.315 e. The Balaban J connectivity index is 1.33. The molecule has 1 aliphatic heterocycles. The summed E-state index contributed by atoms with van der Waals surface area (Å²) in [5.74, 6) is 0. The Bertz CT molecular complexity index is 485.